The van der Waals surface area contributed by atoms with Crippen molar-refractivity contribution in [2.24, 2.45) is 0 Å². The van der Waals surface area contributed by atoms with Crippen LogP contribution in [0.15, 0.2) is 24.3 Å². The first-order valence-corrected chi connectivity index (χ1v) is 7.38. The largest absolute Gasteiger partial charge is 0.394 e. The molecule has 1 saturated heterocycles. The van der Waals surface area contributed by atoms with Gasteiger partial charge in [0.25, 0.3) is 5.91 Å². The van der Waals surface area contributed by atoms with Crippen LogP contribution in [0.5, 0.6) is 0 Å². The number of amides is 1. The van der Waals surface area contributed by atoms with Gasteiger partial charge in [-0.3, -0.25) is 4.79 Å². The van der Waals surface area contributed by atoms with Crippen LogP contribution in [0.2, 0.25) is 0 Å². The molecule has 1 atom stereocenters. The maximum Gasteiger partial charge on any atom is 0.254 e. The quantitative estimate of drug-likeness (QED) is 0.809. The third-order valence-corrected chi connectivity index (χ3v) is 3.79. The average Bonchev–Trinajstić information content (AvgIpc) is 2.78. The van der Waals surface area contributed by atoms with E-state index in [9.17, 15) is 9.90 Å². The van der Waals surface area contributed by atoms with Crippen LogP contribution in [0.3, 0.4) is 0 Å². The number of carbonyl (C=O) groups excluding carboxylic acids is 1. The Balaban J connectivity index is 2.14. The standard InChI is InChI=1S/C17H21NO3/c19-12-4-5-14-7-9-15(10-8-14)17(21)18-11-3-1-2-6-16(18)13-20/h7-10,16,19-20H,1-3,6,11-13H2. The summed E-state index contributed by atoms with van der Waals surface area (Å²) in [5.41, 5.74) is 1.39. The van der Waals surface area contributed by atoms with E-state index in [1.807, 2.05) is 0 Å². The van der Waals surface area contributed by atoms with Gasteiger partial charge in [0, 0.05) is 17.7 Å². The maximum atomic E-state index is 12.6. The molecule has 1 aromatic carbocycles. The van der Waals surface area contributed by atoms with Crippen molar-refractivity contribution in [3.05, 3.63) is 35.4 Å². The number of nitrogens with zero attached hydrogens (tertiary/aromatic N) is 1. The first-order chi connectivity index (χ1) is 10.3. The minimum atomic E-state index is -0.174. The number of hydrogen-bond donors (Lipinski definition) is 2. The van der Waals surface area contributed by atoms with E-state index in [4.69, 9.17) is 5.11 Å². The molecule has 0 aromatic heterocycles. The molecule has 0 bridgehead atoms. The SMILES string of the molecule is O=C(c1ccc(C#CCO)cc1)N1CCCCCC1CO. The van der Waals surface area contributed by atoms with Crippen LogP contribution >= 0.6 is 0 Å². The van der Waals surface area contributed by atoms with Crippen LogP contribution in [-0.2, 0) is 0 Å². The summed E-state index contributed by atoms with van der Waals surface area (Å²) in [6, 6.07) is 6.99. The monoisotopic (exact) mass is 287 g/mol. The van der Waals surface area contributed by atoms with E-state index in [2.05, 4.69) is 11.8 Å². The summed E-state index contributed by atoms with van der Waals surface area (Å²) in [5, 5.41) is 18.2. The number of hydrogen-bond acceptors (Lipinski definition) is 3. The van der Waals surface area contributed by atoms with Gasteiger partial charge >= 0.3 is 0 Å². The average molecular weight is 287 g/mol. The van der Waals surface area contributed by atoms with Gasteiger partial charge in [0.15, 0.2) is 0 Å². The fourth-order valence-corrected chi connectivity index (χ4v) is 2.64. The zero-order chi connectivity index (χ0) is 15.1. The molecule has 4 heteroatoms. The second kappa shape index (κ2) is 7.82. The van der Waals surface area contributed by atoms with Crippen molar-refractivity contribution in [3.8, 4) is 11.8 Å². The summed E-state index contributed by atoms with van der Waals surface area (Å²) >= 11 is 0. The van der Waals surface area contributed by atoms with Gasteiger partial charge < -0.3 is 15.1 Å². The minimum absolute atomic E-state index is 0.0196. The molecule has 0 aliphatic carbocycles. The third kappa shape index (κ3) is 4.07. The number of likely N-dealkylation sites (tertiary alicyclic amines) is 1. The molecule has 0 radical (unpaired) electrons. The first kappa shape index (κ1) is 15.6. The minimum Gasteiger partial charge on any atom is -0.394 e. The van der Waals surface area contributed by atoms with Crippen molar-refractivity contribution in [2.75, 3.05) is 19.8 Å². The zero-order valence-electron chi connectivity index (χ0n) is 12.1. The van der Waals surface area contributed by atoms with Gasteiger partial charge in [0.2, 0.25) is 0 Å². The van der Waals surface area contributed by atoms with Gasteiger partial charge in [0.05, 0.1) is 12.6 Å². The van der Waals surface area contributed by atoms with Gasteiger partial charge in [-0.2, -0.15) is 0 Å². The van der Waals surface area contributed by atoms with Crippen LogP contribution in [0.25, 0.3) is 0 Å². The molecule has 21 heavy (non-hydrogen) atoms. The molecule has 1 heterocycles. The Morgan fingerprint density at radius 1 is 1.19 bits per heavy atom. The van der Waals surface area contributed by atoms with Crippen LogP contribution in [0.4, 0.5) is 0 Å². The Kier molecular flexibility index (Phi) is 5.79. The number of rotatable bonds is 2. The molecule has 1 aliphatic heterocycles. The molecule has 2 N–H and O–H groups in total. The normalized spacial score (nSPS) is 18.6. The lowest BCUT2D eigenvalue weighted by Gasteiger charge is -2.28. The molecule has 1 unspecified atom stereocenters. The van der Waals surface area contributed by atoms with Crippen molar-refractivity contribution in [1.29, 1.82) is 0 Å². The number of aliphatic hydroxyl groups is 2. The molecule has 0 spiro atoms. The van der Waals surface area contributed by atoms with E-state index in [0.717, 1.165) is 31.2 Å². The number of carbonyl (C=O) groups is 1. The lowest BCUT2D eigenvalue weighted by atomic mass is 10.1. The Bertz CT molecular complexity index is 527. The highest BCUT2D eigenvalue weighted by atomic mass is 16.3. The maximum absolute atomic E-state index is 12.6. The Labute approximate surface area is 125 Å². The van der Waals surface area contributed by atoms with Gasteiger partial charge in [0.1, 0.15) is 6.61 Å². The van der Waals surface area contributed by atoms with Gasteiger partial charge in [-0.1, -0.05) is 24.7 Å². The van der Waals surface area contributed by atoms with Crippen molar-refractivity contribution in [1.82, 2.24) is 4.90 Å². The van der Waals surface area contributed by atoms with Crippen LogP contribution in [0, 0.1) is 11.8 Å². The molecule has 1 amide bonds. The highest BCUT2D eigenvalue weighted by Gasteiger charge is 2.25. The second-order valence-electron chi connectivity index (χ2n) is 5.22. The van der Waals surface area contributed by atoms with Gasteiger partial charge in [-0.25, -0.2) is 0 Å². The van der Waals surface area contributed by atoms with Gasteiger partial charge in [-0.15, -0.1) is 0 Å². The molecule has 1 fully saturated rings. The fourth-order valence-electron chi connectivity index (χ4n) is 2.64. The molecule has 2 rings (SSSR count). The lowest BCUT2D eigenvalue weighted by molar-refractivity contribution is 0.0600. The zero-order valence-corrected chi connectivity index (χ0v) is 12.1. The predicted molar refractivity (Wildman–Crippen MR) is 80.8 cm³/mol. The highest BCUT2D eigenvalue weighted by molar-refractivity contribution is 5.94. The third-order valence-electron chi connectivity index (χ3n) is 3.79. The Morgan fingerprint density at radius 3 is 2.62 bits per heavy atom. The van der Waals surface area contributed by atoms with Gasteiger partial charge in [-0.05, 0) is 37.1 Å². The van der Waals surface area contributed by atoms with E-state index in [-0.39, 0.29) is 25.2 Å². The summed E-state index contributed by atoms with van der Waals surface area (Å²) in [7, 11) is 0. The lowest BCUT2D eigenvalue weighted by Crippen LogP contribution is -2.42. The Hall–Kier alpha value is -1.83. The van der Waals surface area contributed by atoms with Crippen LogP contribution in [0.1, 0.15) is 41.6 Å². The summed E-state index contributed by atoms with van der Waals surface area (Å²) < 4.78 is 0. The topological polar surface area (TPSA) is 60.8 Å². The van der Waals surface area contributed by atoms with E-state index in [1.54, 1.807) is 29.2 Å². The van der Waals surface area contributed by atoms with Crippen molar-refractivity contribution in [3.63, 3.8) is 0 Å². The second-order valence-corrected chi connectivity index (χ2v) is 5.22. The molecular formula is C17H21NO3. The molecular weight excluding hydrogens is 266 g/mol. The molecule has 112 valence electrons. The molecule has 1 aliphatic rings. The molecule has 1 aromatic rings. The van der Waals surface area contributed by atoms with E-state index in [1.165, 1.54) is 0 Å². The van der Waals surface area contributed by atoms with E-state index in [0.29, 0.717) is 12.1 Å². The smallest absolute Gasteiger partial charge is 0.254 e. The fraction of sp³-hybridized carbons (Fsp3) is 0.471. The van der Waals surface area contributed by atoms with Crippen molar-refractivity contribution < 1.29 is 15.0 Å². The highest BCUT2D eigenvalue weighted by Crippen LogP contribution is 2.19. The number of benzene rings is 1. The summed E-state index contributed by atoms with van der Waals surface area (Å²) in [6.45, 7) is 0.550. The van der Waals surface area contributed by atoms with Crippen molar-refractivity contribution in [2.45, 2.75) is 31.7 Å². The summed E-state index contributed by atoms with van der Waals surface area (Å²) in [4.78, 5) is 14.4. The molecule has 0 saturated carbocycles. The number of aliphatic hydroxyl groups excluding tert-OH is 2. The van der Waals surface area contributed by atoms with Crippen LogP contribution in [-0.4, -0.2) is 46.8 Å². The first-order valence-electron chi connectivity index (χ1n) is 7.38. The predicted octanol–water partition coefficient (Wildman–Crippen LogP) is 1.41. The summed E-state index contributed by atoms with van der Waals surface area (Å²) in [5.74, 6) is 5.35. The van der Waals surface area contributed by atoms with Crippen molar-refractivity contribution >= 4 is 5.91 Å². The van der Waals surface area contributed by atoms with Crippen LogP contribution < -0.4 is 0 Å². The van der Waals surface area contributed by atoms with E-state index < -0.39 is 0 Å². The molecule has 4 nitrogen and oxygen atoms in total. The summed E-state index contributed by atoms with van der Waals surface area (Å²) in [6.07, 6.45) is 4.02. The Morgan fingerprint density at radius 2 is 1.95 bits per heavy atom. The van der Waals surface area contributed by atoms with E-state index >= 15 is 0 Å².